The molecule has 0 radical (unpaired) electrons. The number of carbonyl (C=O) groups is 1. The number of carboxylic acids is 1. The van der Waals surface area contributed by atoms with E-state index in [2.05, 4.69) is 9.97 Å². The minimum Gasteiger partial charge on any atom is -0.481 e. The molecule has 2 rings (SSSR count). The number of aromatic carboxylic acids is 1. The second-order valence-electron chi connectivity index (χ2n) is 3.84. The SMILES string of the molecule is CCc1nc(OC)c(C2CC2)c(C(=O)O)n1. The van der Waals surface area contributed by atoms with Gasteiger partial charge in [0.15, 0.2) is 5.69 Å². The highest BCUT2D eigenvalue weighted by molar-refractivity contribution is 5.88. The minimum absolute atomic E-state index is 0.103. The van der Waals surface area contributed by atoms with E-state index in [1.54, 1.807) is 0 Å². The van der Waals surface area contributed by atoms with Crippen molar-refractivity contribution in [2.75, 3.05) is 7.11 Å². The van der Waals surface area contributed by atoms with Crippen LogP contribution in [0, 0.1) is 0 Å². The van der Waals surface area contributed by atoms with Gasteiger partial charge in [0.25, 0.3) is 0 Å². The predicted molar refractivity (Wildman–Crippen MR) is 56.9 cm³/mol. The Labute approximate surface area is 93.5 Å². The van der Waals surface area contributed by atoms with Crippen molar-refractivity contribution in [2.45, 2.75) is 32.1 Å². The molecule has 1 aromatic rings. The number of aromatic nitrogens is 2. The zero-order valence-corrected chi connectivity index (χ0v) is 9.36. The number of rotatable bonds is 4. The highest BCUT2D eigenvalue weighted by Gasteiger charge is 2.33. The molecule has 0 aromatic carbocycles. The van der Waals surface area contributed by atoms with E-state index in [1.165, 1.54) is 7.11 Å². The van der Waals surface area contributed by atoms with Crippen molar-refractivity contribution < 1.29 is 14.6 Å². The summed E-state index contributed by atoms with van der Waals surface area (Å²) in [7, 11) is 1.51. The summed E-state index contributed by atoms with van der Waals surface area (Å²) < 4.78 is 5.17. The smallest absolute Gasteiger partial charge is 0.355 e. The summed E-state index contributed by atoms with van der Waals surface area (Å²) in [6.07, 6.45) is 2.58. The van der Waals surface area contributed by atoms with Crippen molar-refractivity contribution in [3.05, 3.63) is 17.1 Å². The van der Waals surface area contributed by atoms with E-state index in [0.717, 1.165) is 12.8 Å². The lowest BCUT2D eigenvalue weighted by Crippen LogP contribution is -2.11. The van der Waals surface area contributed by atoms with Crippen molar-refractivity contribution >= 4 is 5.97 Å². The first-order valence-electron chi connectivity index (χ1n) is 5.35. The molecule has 5 heteroatoms. The van der Waals surface area contributed by atoms with Crippen molar-refractivity contribution in [3.63, 3.8) is 0 Å². The molecule has 16 heavy (non-hydrogen) atoms. The van der Waals surface area contributed by atoms with E-state index in [4.69, 9.17) is 9.84 Å². The molecule has 1 heterocycles. The molecule has 1 N–H and O–H groups in total. The largest absolute Gasteiger partial charge is 0.481 e. The predicted octanol–water partition coefficient (Wildman–Crippen LogP) is 1.62. The number of nitrogens with zero attached hydrogens (tertiary/aromatic N) is 2. The van der Waals surface area contributed by atoms with Gasteiger partial charge in [-0.2, -0.15) is 4.98 Å². The monoisotopic (exact) mass is 222 g/mol. The molecule has 1 aliphatic rings. The number of carboxylic acid groups (broad SMARTS) is 1. The van der Waals surface area contributed by atoms with E-state index in [0.29, 0.717) is 23.7 Å². The Bertz CT molecular complexity index is 427. The van der Waals surface area contributed by atoms with Crippen LogP contribution in [0.3, 0.4) is 0 Å². The molecule has 0 aliphatic heterocycles. The van der Waals surface area contributed by atoms with Gasteiger partial charge in [-0.15, -0.1) is 0 Å². The van der Waals surface area contributed by atoms with Gasteiger partial charge in [-0.3, -0.25) is 0 Å². The zero-order valence-electron chi connectivity index (χ0n) is 9.36. The Morgan fingerprint density at radius 3 is 2.62 bits per heavy atom. The van der Waals surface area contributed by atoms with E-state index in [9.17, 15) is 4.79 Å². The minimum atomic E-state index is -1.00. The summed E-state index contributed by atoms with van der Waals surface area (Å²) in [5.74, 6) is 0.189. The number of aryl methyl sites for hydroxylation is 1. The maximum absolute atomic E-state index is 11.1. The first-order valence-corrected chi connectivity index (χ1v) is 5.35. The molecule has 86 valence electrons. The summed E-state index contributed by atoms with van der Waals surface area (Å²) in [6, 6.07) is 0. The number of hydrogen-bond donors (Lipinski definition) is 1. The molecule has 0 unspecified atom stereocenters. The molecular weight excluding hydrogens is 208 g/mol. The average Bonchev–Trinajstić information content (AvgIpc) is 3.10. The topological polar surface area (TPSA) is 72.3 Å². The number of hydrogen-bond acceptors (Lipinski definition) is 4. The molecule has 0 saturated heterocycles. The maximum Gasteiger partial charge on any atom is 0.355 e. The maximum atomic E-state index is 11.1. The standard InChI is InChI=1S/C11H14N2O3/c1-3-7-12-9(11(14)15)8(6-4-5-6)10(13-7)16-2/h6H,3-5H2,1-2H3,(H,14,15). The van der Waals surface area contributed by atoms with Crippen LogP contribution in [0.1, 0.15) is 47.6 Å². The Kier molecular flexibility index (Phi) is 2.77. The molecule has 1 fully saturated rings. The van der Waals surface area contributed by atoms with Gasteiger partial charge in [0.2, 0.25) is 5.88 Å². The average molecular weight is 222 g/mol. The van der Waals surface area contributed by atoms with E-state index >= 15 is 0 Å². The molecule has 1 saturated carbocycles. The van der Waals surface area contributed by atoms with Crippen LogP contribution in [0.4, 0.5) is 0 Å². The van der Waals surface area contributed by atoms with E-state index < -0.39 is 5.97 Å². The van der Waals surface area contributed by atoms with Crippen molar-refractivity contribution in [1.82, 2.24) is 9.97 Å². The second kappa shape index (κ2) is 4.08. The van der Waals surface area contributed by atoms with Crippen molar-refractivity contribution in [2.24, 2.45) is 0 Å². The van der Waals surface area contributed by atoms with Gasteiger partial charge in [-0.1, -0.05) is 6.92 Å². The van der Waals surface area contributed by atoms with Crippen LogP contribution < -0.4 is 4.74 Å². The summed E-state index contributed by atoms with van der Waals surface area (Å²) >= 11 is 0. The second-order valence-corrected chi connectivity index (χ2v) is 3.84. The number of ether oxygens (including phenoxy) is 1. The lowest BCUT2D eigenvalue weighted by atomic mass is 10.1. The Morgan fingerprint density at radius 1 is 1.50 bits per heavy atom. The van der Waals surface area contributed by atoms with Gasteiger partial charge in [0.05, 0.1) is 12.7 Å². The normalized spacial score (nSPS) is 14.9. The van der Waals surface area contributed by atoms with Crippen LogP contribution in [0.25, 0.3) is 0 Å². The quantitative estimate of drug-likeness (QED) is 0.838. The zero-order chi connectivity index (χ0) is 11.7. The van der Waals surface area contributed by atoms with Crippen LogP contribution in [0.5, 0.6) is 5.88 Å². The molecule has 0 spiro atoms. The van der Waals surface area contributed by atoms with Gasteiger partial charge in [0, 0.05) is 6.42 Å². The lowest BCUT2D eigenvalue weighted by molar-refractivity contribution is 0.0687. The Balaban J connectivity index is 2.57. The van der Waals surface area contributed by atoms with Crippen molar-refractivity contribution in [1.29, 1.82) is 0 Å². The van der Waals surface area contributed by atoms with Crippen LogP contribution in [0.2, 0.25) is 0 Å². The Hall–Kier alpha value is -1.65. The Morgan fingerprint density at radius 2 is 2.19 bits per heavy atom. The molecular formula is C11H14N2O3. The lowest BCUT2D eigenvalue weighted by Gasteiger charge is -2.10. The fourth-order valence-electron chi connectivity index (χ4n) is 1.71. The highest BCUT2D eigenvalue weighted by Crippen LogP contribution is 2.44. The summed E-state index contributed by atoms with van der Waals surface area (Å²) in [6.45, 7) is 1.89. The van der Waals surface area contributed by atoms with Gasteiger partial charge < -0.3 is 9.84 Å². The van der Waals surface area contributed by atoms with Crippen LogP contribution in [0.15, 0.2) is 0 Å². The number of methoxy groups -OCH3 is 1. The molecule has 0 atom stereocenters. The van der Waals surface area contributed by atoms with Gasteiger partial charge in [-0.25, -0.2) is 9.78 Å². The molecule has 0 bridgehead atoms. The van der Waals surface area contributed by atoms with E-state index in [1.807, 2.05) is 6.92 Å². The summed E-state index contributed by atoms with van der Waals surface area (Å²) in [4.78, 5) is 19.4. The van der Waals surface area contributed by atoms with Crippen LogP contribution in [-0.4, -0.2) is 28.2 Å². The van der Waals surface area contributed by atoms with Gasteiger partial charge in [-0.05, 0) is 18.8 Å². The first kappa shape index (κ1) is 10.9. The van der Waals surface area contributed by atoms with Gasteiger partial charge >= 0.3 is 5.97 Å². The van der Waals surface area contributed by atoms with Crippen LogP contribution >= 0.6 is 0 Å². The van der Waals surface area contributed by atoms with E-state index in [-0.39, 0.29) is 11.6 Å². The summed E-state index contributed by atoms with van der Waals surface area (Å²) in [5, 5.41) is 9.14. The fourth-order valence-corrected chi connectivity index (χ4v) is 1.71. The third-order valence-corrected chi connectivity index (χ3v) is 2.65. The molecule has 5 nitrogen and oxygen atoms in total. The molecule has 1 aliphatic carbocycles. The van der Waals surface area contributed by atoms with Gasteiger partial charge in [0.1, 0.15) is 5.82 Å². The van der Waals surface area contributed by atoms with Crippen molar-refractivity contribution in [3.8, 4) is 5.88 Å². The summed E-state index contributed by atoms with van der Waals surface area (Å²) in [5.41, 5.74) is 0.762. The third kappa shape index (κ3) is 1.85. The fraction of sp³-hybridized carbons (Fsp3) is 0.545. The first-order chi connectivity index (χ1) is 7.67. The molecule has 1 aromatic heterocycles. The van der Waals surface area contributed by atoms with Crippen LogP contribution in [-0.2, 0) is 6.42 Å². The molecule has 0 amide bonds. The highest BCUT2D eigenvalue weighted by atomic mass is 16.5. The third-order valence-electron chi connectivity index (χ3n) is 2.65.